The quantitative estimate of drug-likeness (QED) is 0.381. The van der Waals surface area contributed by atoms with Crippen molar-refractivity contribution < 1.29 is 24.5 Å². The van der Waals surface area contributed by atoms with Crippen molar-refractivity contribution in [2.45, 2.75) is 59.0 Å². The summed E-state index contributed by atoms with van der Waals surface area (Å²) < 4.78 is 11.9. The number of aryl methyl sites for hydroxylation is 2. The third kappa shape index (κ3) is 4.60. The average Bonchev–Trinajstić information content (AvgIpc) is 3.55. The van der Waals surface area contributed by atoms with E-state index in [9.17, 15) is 9.90 Å². The molecule has 1 unspecified atom stereocenters. The summed E-state index contributed by atoms with van der Waals surface area (Å²) in [6, 6.07) is 16.6. The molecule has 0 bridgehead atoms. The third-order valence-electron chi connectivity index (χ3n) is 8.02. The van der Waals surface area contributed by atoms with Crippen molar-refractivity contribution in [3.63, 3.8) is 0 Å². The summed E-state index contributed by atoms with van der Waals surface area (Å²) >= 11 is 0. The molecule has 0 radical (unpaired) electrons. The van der Waals surface area contributed by atoms with E-state index in [-0.39, 0.29) is 31.0 Å². The van der Waals surface area contributed by atoms with Crippen LogP contribution in [0, 0.1) is 26.2 Å². The Hall–Kier alpha value is -3.31. The number of rotatable bonds is 9. The molecule has 36 heavy (non-hydrogen) atoms. The molecular formula is C31H34O5. The molecule has 2 aliphatic carbocycles. The van der Waals surface area contributed by atoms with E-state index in [1.807, 2.05) is 18.2 Å². The molecule has 1 spiro atoms. The van der Waals surface area contributed by atoms with E-state index in [2.05, 4.69) is 51.1 Å². The maximum absolute atomic E-state index is 11.4. The second-order valence-corrected chi connectivity index (χ2v) is 10.4. The molecule has 2 N–H and O–H groups in total. The molecule has 0 aromatic heterocycles. The van der Waals surface area contributed by atoms with Gasteiger partial charge in [0.15, 0.2) is 0 Å². The van der Waals surface area contributed by atoms with Crippen molar-refractivity contribution in [1.29, 1.82) is 0 Å². The fraction of sp³-hybridized carbons (Fsp3) is 0.387. The van der Waals surface area contributed by atoms with Crippen LogP contribution >= 0.6 is 0 Å². The van der Waals surface area contributed by atoms with Crippen molar-refractivity contribution in [1.82, 2.24) is 0 Å². The van der Waals surface area contributed by atoms with Gasteiger partial charge in [-0.15, -0.1) is 0 Å². The molecule has 0 amide bonds. The van der Waals surface area contributed by atoms with Crippen molar-refractivity contribution in [2.24, 2.45) is 5.41 Å². The monoisotopic (exact) mass is 486 g/mol. The van der Waals surface area contributed by atoms with Crippen LogP contribution in [0.3, 0.4) is 0 Å². The molecule has 2 aliphatic rings. The average molecular weight is 487 g/mol. The summed E-state index contributed by atoms with van der Waals surface area (Å²) in [7, 11) is 0. The van der Waals surface area contributed by atoms with Crippen LogP contribution in [0.25, 0.3) is 11.1 Å². The number of aliphatic hydroxyl groups excluding tert-OH is 1. The molecule has 5 heteroatoms. The van der Waals surface area contributed by atoms with Gasteiger partial charge in [-0.2, -0.15) is 0 Å². The second-order valence-electron chi connectivity index (χ2n) is 10.4. The van der Waals surface area contributed by atoms with Gasteiger partial charge in [0, 0.05) is 5.92 Å². The Morgan fingerprint density at radius 2 is 1.75 bits per heavy atom. The van der Waals surface area contributed by atoms with Gasteiger partial charge in [-0.25, -0.2) is 0 Å². The summed E-state index contributed by atoms with van der Waals surface area (Å²) in [4.78, 5) is 11.4. The van der Waals surface area contributed by atoms with E-state index >= 15 is 0 Å². The Kier molecular flexibility index (Phi) is 6.52. The Bertz CT molecular complexity index is 1280. The van der Waals surface area contributed by atoms with Gasteiger partial charge >= 0.3 is 5.97 Å². The lowest BCUT2D eigenvalue weighted by Gasteiger charge is -2.18. The Balaban J connectivity index is 1.35. The predicted molar refractivity (Wildman–Crippen MR) is 140 cm³/mol. The van der Waals surface area contributed by atoms with E-state index in [1.165, 1.54) is 27.8 Å². The lowest BCUT2D eigenvalue weighted by Crippen LogP contribution is -2.13. The highest BCUT2D eigenvalue weighted by atomic mass is 16.5. The van der Waals surface area contributed by atoms with Crippen LogP contribution in [0.1, 0.15) is 58.6 Å². The fourth-order valence-electron chi connectivity index (χ4n) is 6.05. The SMILES string of the molecule is Cc1cc(OCCO)cc(C)c1-c1cccc(COc2ccc3c(c2)CC2(CC2)C3CC(=O)O)c1C. The normalized spacial score (nSPS) is 17.2. The smallest absolute Gasteiger partial charge is 0.303 e. The zero-order valence-corrected chi connectivity index (χ0v) is 21.3. The Morgan fingerprint density at radius 3 is 2.42 bits per heavy atom. The van der Waals surface area contributed by atoms with Gasteiger partial charge in [-0.1, -0.05) is 24.3 Å². The van der Waals surface area contributed by atoms with Crippen molar-refractivity contribution >= 4 is 5.97 Å². The topological polar surface area (TPSA) is 76.0 Å². The van der Waals surface area contributed by atoms with Crippen molar-refractivity contribution in [3.8, 4) is 22.6 Å². The molecule has 0 aliphatic heterocycles. The van der Waals surface area contributed by atoms with Crippen LogP contribution in [0.4, 0.5) is 0 Å². The number of hydrogen-bond donors (Lipinski definition) is 2. The first-order valence-corrected chi connectivity index (χ1v) is 12.7. The summed E-state index contributed by atoms with van der Waals surface area (Å²) in [5.74, 6) is 1.02. The summed E-state index contributed by atoms with van der Waals surface area (Å²) in [6.45, 7) is 7.07. The standard InChI is InChI=1S/C31H34O5/c1-19-13-25(35-12-11-32)14-20(2)30(19)26-6-4-5-22(21(26)3)18-36-24-7-8-27-23(15-24)17-31(9-10-31)28(27)16-29(33)34/h4-8,13-15,28,32H,9-12,16-18H2,1-3H3,(H,33,34). The molecule has 1 atom stereocenters. The molecule has 188 valence electrons. The highest BCUT2D eigenvalue weighted by molar-refractivity contribution is 5.75. The fourth-order valence-corrected chi connectivity index (χ4v) is 6.05. The maximum atomic E-state index is 11.4. The van der Waals surface area contributed by atoms with E-state index in [0.29, 0.717) is 6.61 Å². The number of aliphatic hydroxyl groups is 1. The number of carbonyl (C=O) groups is 1. The summed E-state index contributed by atoms with van der Waals surface area (Å²) in [5, 5.41) is 18.5. The van der Waals surface area contributed by atoms with Crippen LogP contribution in [-0.4, -0.2) is 29.4 Å². The number of hydrogen-bond acceptors (Lipinski definition) is 4. The van der Waals surface area contributed by atoms with Crippen LogP contribution in [0.5, 0.6) is 11.5 Å². The van der Waals surface area contributed by atoms with Gasteiger partial charge in [0.25, 0.3) is 0 Å². The van der Waals surface area contributed by atoms with Gasteiger partial charge in [0.2, 0.25) is 0 Å². The van der Waals surface area contributed by atoms with E-state index in [1.54, 1.807) is 0 Å². The molecule has 0 saturated heterocycles. The highest BCUT2D eigenvalue weighted by Gasteiger charge is 2.54. The van der Waals surface area contributed by atoms with Gasteiger partial charge < -0.3 is 19.7 Å². The van der Waals surface area contributed by atoms with Crippen LogP contribution < -0.4 is 9.47 Å². The first kappa shape index (κ1) is 24.4. The summed E-state index contributed by atoms with van der Waals surface area (Å²) in [6.07, 6.45) is 3.42. The lowest BCUT2D eigenvalue weighted by atomic mass is 9.87. The van der Waals surface area contributed by atoms with Gasteiger partial charge in [-0.05, 0) is 114 Å². The zero-order valence-electron chi connectivity index (χ0n) is 21.3. The number of carboxylic acid groups (broad SMARTS) is 1. The number of benzene rings is 3. The van der Waals surface area contributed by atoms with Crippen LogP contribution in [0.2, 0.25) is 0 Å². The summed E-state index contributed by atoms with van der Waals surface area (Å²) in [5.41, 5.74) is 9.57. The second kappa shape index (κ2) is 9.62. The van der Waals surface area contributed by atoms with Gasteiger partial charge in [0.05, 0.1) is 13.0 Å². The molecule has 5 rings (SSSR count). The van der Waals surface area contributed by atoms with Crippen LogP contribution in [0.15, 0.2) is 48.5 Å². The van der Waals surface area contributed by atoms with Crippen molar-refractivity contribution in [3.05, 3.63) is 81.9 Å². The molecule has 0 heterocycles. The molecule has 1 saturated carbocycles. The minimum Gasteiger partial charge on any atom is -0.491 e. The molecule has 3 aromatic rings. The number of aliphatic carboxylic acids is 1. The zero-order chi connectivity index (χ0) is 25.4. The predicted octanol–water partition coefficient (Wildman–Crippen LogP) is 6.12. The largest absolute Gasteiger partial charge is 0.491 e. The van der Waals surface area contributed by atoms with Crippen LogP contribution in [-0.2, 0) is 17.8 Å². The lowest BCUT2D eigenvalue weighted by molar-refractivity contribution is -0.137. The number of ether oxygens (including phenoxy) is 2. The van der Waals surface area contributed by atoms with Crippen molar-refractivity contribution in [2.75, 3.05) is 13.2 Å². The molecular weight excluding hydrogens is 452 g/mol. The number of fused-ring (bicyclic) bond motifs is 1. The minimum absolute atomic E-state index is 0.00495. The van der Waals surface area contributed by atoms with Gasteiger partial charge in [-0.3, -0.25) is 4.79 Å². The number of carboxylic acids is 1. The van der Waals surface area contributed by atoms with E-state index in [0.717, 1.165) is 47.5 Å². The van der Waals surface area contributed by atoms with Gasteiger partial charge in [0.1, 0.15) is 24.7 Å². The highest BCUT2D eigenvalue weighted by Crippen LogP contribution is 2.64. The van der Waals surface area contributed by atoms with E-state index in [4.69, 9.17) is 14.6 Å². The maximum Gasteiger partial charge on any atom is 0.303 e. The first-order chi connectivity index (χ1) is 17.3. The Labute approximate surface area is 212 Å². The molecule has 1 fully saturated rings. The van der Waals surface area contributed by atoms with E-state index < -0.39 is 5.97 Å². The third-order valence-corrected chi connectivity index (χ3v) is 8.02. The Morgan fingerprint density at radius 1 is 1.00 bits per heavy atom. The minimum atomic E-state index is -0.715. The molecule has 5 nitrogen and oxygen atoms in total. The molecule has 3 aromatic carbocycles. The first-order valence-electron chi connectivity index (χ1n) is 12.7.